The van der Waals surface area contributed by atoms with Crippen LogP contribution in [-0.4, -0.2) is 64.4 Å². The summed E-state index contributed by atoms with van der Waals surface area (Å²) in [6, 6.07) is 11.3. The Balaban J connectivity index is 1.39. The van der Waals surface area contributed by atoms with E-state index in [0.29, 0.717) is 17.6 Å². The lowest BCUT2D eigenvalue weighted by atomic mass is 9.81. The first kappa shape index (κ1) is 24.3. The lowest BCUT2D eigenvalue weighted by Crippen LogP contribution is -2.44. The van der Waals surface area contributed by atoms with E-state index in [0.717, 1.165) is 61.4 Å². The maximum atomic E-state index is 13.6. The van der Waals surface area contributed by atoms with Gasteiger partial charge in [-0.2, -0.15) is 5.10 Å². The van der Waals surface area contributed by atoms with Gasteiger partial charge in [0, 0.05) is 61.3 Å². The number of fused-ring (bicyclic) bond motifs is 1. The van der Waals surface area contributed by atoms with Gasteiger partial charge in [0.1, 0.15) is 0 Å². The molecule has 37 heavy (non-hydrogen) atoms. The number of aromatic nitrogens is 4. The second-order valence-electron chi connectivity index (χ2n) is 10.3. The van der Waals surface area contributed by atoms with E-state index in [1.165, 1.54) is 22.4 Å². The zero-order valence-electron chi connectivity index (χ0n) is 21.4. The molecule has 9 heteroatoms. The number of ether oxygens (including phenoxy) is 1. The number of benzene rings is 1. The lowest BCUT2D eigenvalue weighted by molar-refractivity contribution is 0.00729. The fourth-order valence-corrected chi connectivity index (χ4v) is 7.35. The van der Waals surface area contributed by atoms with Crippen LogP contribution in [0, 0.1) is 6.92 Å². The van der Waals surface area contributed by atoms with Crippen LogP contribution >= 0.6 is 0 Å². The molecule has 2 fully saturated rings. The lowest BCUT2D eigenvalue weighted by Gasteiger charge is -2.38. The van der Waals surface area contributed by atoms with Crippen molar-refractivity contribution in [2.45, 2.75) is 49.5 Å². The van der Waals surface area contributed by atoms with Gasteiger partial charge in [0.2, 0.25) is 0 Å². The van der Waals surface area contributed by atoms with Crippen molar-refractivity contribution in [2.75, 3.05) is 26.3 Å². The third kappa shape index (κ3) is 4.49. The monoisotopic (exact) mass is 519 g/mol. The molecule has 194 valence electrons. The predicted octanol–water partition coefficient (Wildman–Crippen LogP) is 4.34. The molecule has 3 aromatic heterocycles. The minimum atomic E-state index is -3.81. The summed E-state index contributed by atoms with van der Waals surface area (Å²) in [6.07, 6.45) is 10.1. The van der Waals surface area contributed by atoms with Crippen molar-refractivity contribution in [3.05, 3.63) is 66.2 Å². The van der Waals surface area contributed by atoms with Crippen molar-refractivity contribution < 1.29 is 13.2 Å². The molecule has 0 atom stereocenters. The number of nitrogens with zero attached hydrogens (tertiary/aromatic N) is 5. The number of hydrogen-bond acceptors (Lipinski definition) is 6. The first-order valence-electron chi connectivity index (χ1n) is 13.1. The largest absolute Gasteiger partial charge is 0.379 e. The SMILES string of the molecule is Cc1nn(C)cc1-c1cn(S(=O)(=O)c2ccccc2)c2ncc([C@H]3CC[C@@H](N4CCOCC4)CC3)cc12. The van der Waals surface area contributed by atoms with Gasteiger partial charge < -0.3 is 4.74 Å². The molecule has 1 saturated heterocycles. The molecule has 0 bridgehead atoms. The van der Waals surface area contributed by atoms with Gasteiger partial charge in [-0.25, -0.2) is 17.4 Å². The van der Waals surface area contributed by atoms with Gasteiger partial charge in [0.15, 0.2) is 5.65 Å². The van der Waals surface area contributed by atoms with Gasteiger partial charge in [0.25, 0.3) is 10.0 Å². The fraction of sp³-hybridized carbons (Fsp3) is 0.429. The van der Waals surface area contributed by atoms with Crippen LogP contribution in [0.5, 0.6) is 0 Å². The first-order chi connectivity index (χ1) is 17.9. The van der Waals surface area contributed by atoms with Gasteiger partial charge >= 0.3 is 0 Å². The Morgan fingerprint density at radius 3 is 2.38 bits per heavy atom. The van der Waals surface area contributed by atoms with Gasteiger partial charge in [-0.05, 0) is 62.3 Å². The molecule has 2 aliphatic rings. The Labute approximate surface area is 217 Å². The summed E-state index contributed by atoms with van der Waals surface area (Å²) < 4.78 is 35.9. The topological polar surface area (TPSA) is 82.2 Å². The molecule has 1 aliphatic carbocycles. The van der Waals surface area contributed by atoms with E-state index < -0.39 is 10.0 Å². The summed E-state index contributed by atoms with van der Waals surface area (Å²) >= 11 is 0. The highest BCUT2D eigenvalue weighted by atomic mass is 32.2. The molecule has 0 radical (unpaired) electrons. The van der Waals surface area contributed by atoms with E-state index in [1.54, 1.807) is 35.1 Å². The number of rotatable bonds is 5. The summed E-state index contributed by atoms with van der Waals surface area (Å²) in [7, 11) is -1.92. The number of hydrogen-bond donors (Lipinski definition) is 0. The van der Waals surface area contributed by atoms with E-state index in [2.05, 4.69) is 16.1 Å². The average Bonchev–Trinajstić information content (AvgIpc) is 3.48. The summed E-state index contributed by atoms with van der Waals surface area (Å²) in [5.41, 5.74) is 4.26. The Hall–Kier alpha value is -3.01. The zero-order valence-corrected chi connectivity index (χ0v) is 22.2. The second kappa shape index (κ2) is 9.70. The summed E-state index contributed by atoms with van der Waals surface area (Å²) in [4.78, 5) is 7.60. The van der Waals surface area contributed by atoms with Crippen molar-refractivity contribution in [2.24, 2.45) is 7.05 Å². The minimum absolute atomic E-state index is 0.244. The molecule has 1 aromatic carbocycles. The predicted molar refractivity (Wildman–Crippen MR) is 143 cm³/mol. The Bertz CT molecular complexity index is 1510. The van der Waals surface area contributed by atoms with Crippen LogP contribution < -0.4 is 0 Å². The van der Waals surface area contributed by atoms with E-state index in [4.69, 9.17) is 9.72 Å². The van der Waals surface area contributed by atoms with Crippen LogP contribution in [0.15, 0.2) is 59.9 Å². The van der Waals surface area contributed by atoms with E-state index in [-0.39, 0.29) is 4.90 Å². The van der Waals surface area contributed by atoms with Crippen LogP contribution in [0.4, 0.5) is 0 Å². The maximum Gasteiger partial charge on any atom is 0.269 e. The van der Waals surface area contributed by atoms with Crippen molar-refractivity contribution in [1.29, 1.82) is 0 Å². The molecular weight excluding hydrogens is 486 g/mol. The maximum absolute atomic E-state index is 13.6. The standard InChI is InChI=1S/C28H33N5O3S/c1-20-26(18-31(2)30-20)27-19-33(37(34,35)24-6-4-3-5-7-24)28-25(27)16-22(17-29-28)21-8-10-23(11-9-21)32-12-14-36-15-13-32/h3-7,16-19,21,23H,8-15H2,1-2H3/t21-,23+. The molecule has 0 N–H and O–H groups in total. The van der Waals surface area contributed by atoms with Crippen LogP contribution in [0.25, 0.3) is 22.2 Å². The highest BCUT2D eigenvalue weighted by Crippen LogP contribution is 2.39. The van der Waals surface area contributed by atoms with Gasteiger partial charge in [-0.15, -0.1) is 0 Å². The third-order valence-electron chi connectivity index (χ3n) is 7.97. The van der Waals surface area contributed by atoms with Crippen LogP contribution in [0.2, 0.25) is 0 Å². The Morgan fingerprint density at radius 1 is 0.973 bits per heavy atom. The molecular formula is C28H33N5O3S. The first-order valence-corrected chi connectivity index (χ1v) is 14.5. The Kier molecular flexibility index (Phi) is 6.38. The summed E-state index contributed by atoms with van der Waals surface area (Å²) in [5, 5.41) is 5.36. The molecule has 6 rings (SSSR count). The fourth-order valence-electron chi connectivity index (χ4n) is 6.00. The molecule has 8 nitrogen and oxygen atoms in total. The van der Waals surface area contributed by atoms with Crippen LogP contribution in [0.1, 0.15) is 42.9 Å². The van der Waals surface area contributed by atoms with E-state index in [1.807, 2.05) is 32.4 Å². The van der Waals surface area contributed by atoms with Gasteiger partial charge in [0.05, 0.1) is 23.8 Å². The van der Waals surface area contributed by atoms with Gasteiger partial charge in [-0.3, -0.25) is 9.58 Å². The molecule has 1 saturated carbocycles. The molecule has 0 spiro atoms. The van der Waals surface area contributed by atoms with Crippen molar-refractivity contribution in [1.82, 2.24) is 23.6 Å². The Morgan fingerprint density at radius 2 is 1.70 bits per heavy atom. The average molecular weight is 520 g/mol. The third-order valence-corrected chi connectivity index (χ3v) is 9.63. The van der Waals surface area contributed by atoms with E-state index >= 15 is 0 Å². The van der Waals surface area contributed by atoms with E-state index in [9.17, 15) is 8.42 Å². The summed E-state index contributed by atoms with van der Waals surface area (Å²) in [6.45, 7) is 5.68. The molecule has 1 aliphatic heterocycles. The van der Waals surface area contributed by atoms with Crippen LogP contribution in [0.3, 0.4) is 0 Å². The quantitative estimate of drug-likeness (QED) is 0.390. The molecule has 0 unspecified atom stereocenters. The zero-order chi connectivity index (χ0) is 25.6. The molecule has 0 amide bonds. The normalized spacial score (nSPS) is 21.5. The minimum Gasteiger partial charge on any atom is -0.379 e. The smallest absolute Gasteiger partial charge is 0.269 e. The number of aryl methyl sites for hydroxylation is 2. The van der Waals surface area contributed by atoms with Crippen LogP contribution in [-0.2, 0) is 21.8 Å². The molecule has 4 aromatic rings. The highest BCUT2D eigenvalue weighted by molar-refractivity contribution is 7.90. The molecule has 4 heterocycles. The number of pyridine rings is 1. The van der Waals surface area contributed by atoms with Crippen molar-refractivity contribution >= 4 is 21.1 Å². The van der Waals surface area contributed by atoms with Crippen molar-refractivity contribution in [3.63, 3.8) is 0 Å². The number of morpholine rings is 1. The second-order valence-corrected chi connectivity index (χ2v) is 12.1. The summed E-state index contributed by atoms with van der Waals surface area (Å²) in [5.74, 6) is 0.422. The van der Waals surface area contributed by atoms with Crippen molar-refractivity contribution in [3.8, 4) is 11.1 Å². The highest BCUT2D eigenvalue weighted by Gasteiger charge is 2.29. The van der Waals surface area contributed by atoms with Gasteiger partial charge in [-0.1, -0.05) is 18.2 Å².